The third-order valence-electron chi connectivity index (χ3n) is 3.45. The number of rotatable bonds is 2. The van der Waals surface area contributed by atoms with Gasteiger partial charge in [-0.05, 0) is 18.2 Å². The van der Waals surface area contributed by atoms with Gasteiger partial charge in [-0.15, -0.1) is 16.7 Å². The van der Waals surface area contributed by atoms with Crippen LogP contribution in [0.5, 0.6) is 0 Å². The molecule has 0 bridgehead atoms. The largest absolute Gasteiger partial charge is 0.231 e. The summed E-state index contributed by atoms with van der Waals surface area (Å²) in [6.07, 6.45) is 0. The van der Waals surface area contributed by atoms with Crippen LogP contribution in [0.4, 0.5) is 0 Å². The quantitative estimate of drug-likeness (QED) is 0.514. The lowest BCUT2D eigenvalue weighted by Gasteiger charge is -2.03. The summed E-state index contributed by atoms with van der Waals surface area (Å²) in [6.45, 7) is 0. The van der Waals surface area contributed by atoms with Crippen molar-refractivity contribution in [2.75, 3.05) is 0 Å². The van der Waals surface area contributed by atoms with Gasteiger partial charge in [0.15, 0.2) is 11.5 Å². The highest BCUT2D eigenvalue weighted by Crippen LogP contribution is 2.25. The average Bonchev–Trinajstić information content (AvgIpc) is 3.01. The molecule has 2 heterocycles. The predicted molar refractivity (Wildman–Crippen MR) is 88.3 cm³/mol. The molecule has 4 aromatic rings. The van der Waals surface area contributed by atoms with E-state index < -0.39 is 0 Å². The molecule has 0 spiro atoms. The minimum Gasteiger partial charge on any atom is -0.231 e. The smallest absolute Gasteiger partial charge is 0.182 e. The number of benzene rings is 2. The maximum atomic E-state index is 6.11. The molecule has 2 aromatic heterocycles. The van der Waals surface area contributed by atoms with E-state index in [1.807, 2.05) is 42.5 Å². The van der Waals surface area contributed by atoms with E-state index in [4.69, 9.17) is 23.2 Å². The first-order chi connectivity index (χ1) is 10.8. The monoisotopic (exact) mass is 328 g/mol. The fraction of sp³-hybridized carbons (Fsp3) is 0.0625. The third kappa shape index (κ3) is 2.12. The molecule has 0 aliphatic rings. The van der Waals surface area contributed by atoms with Gasteiger partial charge >= 0.3 is 0 Å². The van der Waals surface area contributed by atoms with Crippen molar-refractivity contribution in [3.05, 3.63) is 59.4 Å². The van der Waals surface area contributed by atoms with Gasteiger partial charge in [-0.2, -0.15) is 4.52 Å². The van der Waals surface area contributed by atoms with Gasteiger partial charge in [-0.25, -0.2) is 9.97 Å². The molecule has 2 aromatic carbocycles. The maximum Gasteiger partial charge on any atom is 0.182 e. The number of hydrogen-bond acceptors (Lipinski definition) is 3. The van der Waals surface area contributed by atoms with Gasteiger partial charge in [-0.1, -0.05) is 41.9 Å². The van der Waals surface area contributed by atoms with Gasteiger partial charge in [0.1, 0.15) is 5.82 Å². The molecule has 4 nitrogen and oxygen atoms in total. The average molecular weight is 329 g/mol. The standard InChI is InChI=1S/C16H10Cl2N4/c17-9-14-19-13-7-6-11(18)8-12(13)16-20-15(21-22(14)16)10-4-2-1-3-5-10/h1-8H,9H2. The highest BCUT2D eigenvalue weighted by molar-refractivity contribution is 6.31. The van der Waals surface area contributed by atoms with E-state index in [-0.39, 0.29) is 5.88 Å². The van der Waals surface area contributed by atoms with E-state index in [0.29, 0.717) is 22.3 Å². The molecule has 0 aliphatic heterocycles. The zero-order chi connectivity index (χ0) is 15.1. The molecule has 0 unspecified atom stereocenters. The number of nitrogens with zero attached hydrogens (tertiary/aromatic N) is 4. The Morgan fingerprint density at radius 3 is 2.59 bits per heavy atom. The number of hydrogen-bond donors (Lipinski definition) is 0. The molecule has 0 amide bonds. The summed E-state index contributed by atoms with van der Waals surface area (Å²) in [5.41, 5.74) is 2.46. The number of fused-ring (bicyclic) bond motifs is 3. The Hall–Kier alpha value is -2.17. The van der Waals surface area contributed by atoms with Crippen molar-refractivity contribution in [2.24, 2.45) is 0 Å². The van der Waals surface area contributed by atoms with Crippen molar-refractivity contribution in [1.29, 1.82) is 0 Å². The molecule has 0 N–H and O–H groups in total. The van der Waals surface area contributed by atoms with Gasteiger partial charge in [0, 0.05) is 16.0 Å². The predicted octanol–water partition coefficient (Wildman–Crippen LogP) is 4.34. The maximum absolute atomic E-state index is 6.11. The highest BCUT2D eigenvalue weighted by atomic mass is 35.5. The van der Waals surface area contributed by atoms with Crippen molar-refractivity contribution in [3.63, 3.8) is 0 Å². The van der Waals surface area contributed by atoms with Crippen LogP contribution in [-0.4, -0.2) is 19.6 Å². The Balaban J connectivity index is 2.08. The molecule has 0 saturated carbocycles. The fourth-order valence-electron chi connectivity index (χ4n) is 2.43. The second-order valence-corrected chi connectivity index (χ2v) is 5.56. The first-order valence-corrected chi connectivity index (χ1v) is 7.64. The van der Waals surface area contributed by atoms with Crippen molar-refractivity contribution >= 4 is 39.8 Å². The molecule has 6 heteroatoms. The lowest BCUT2D eigenvalue weighted by Crippen LogP contribution is -2.01. The molecule has 4 rings (SSSR count). The van der Waals surface area contributed by atoms with Crippen LogP contribution in [0.15, 0.2) is 48.5 Å². The van der Waals surface area contributed by atoms with Crippen molar-refractivity contribution in [3.8, 4) is 11.4 Å². The Morgan fingerprint density at radius 1 is 1.00 bits per heavy atom. The molecular weight excluding hydrogens is 319 g/mol. The van der Waals surface area contributed by atoms with Crippen molar-refractivity contribution < 1.29 is 0 Å². The Bertz CT molecular complexity index is 980. The normalized spacial score (nSPS) is 11.4. The van der Waals surface area contributed by atoms with Crippen LogP contribution in [0.1, 0.15) is 5.82 Å². The molecule has 108 valence electrons. The third-order valence-corrected chi connectivity index (χ3v) is 3.93. The van der Waals surface area contributed by atoms with Crippen LogP contribution in [0.25, 0.3) is 27.9 Å². The van der Waals surface area contributed by atoms with Gasteiger partial charge in [0.2, 0.25) is 0 Å². The Kier molecular flexibility index (Phi) is 3.21. The molecule has 0 aliphatic carbocycles. The van der Waals surface area contributed by atoms with E-state index >= 15 is 0 Å². The van der Waals surface area contributed by atoms with Crippen LogP contribution in [0.3, 0.4) is 0 Å². The summed E-state index contributed by atoms with van der Waals surface area (Å²) >= 11 is 12.1. The lowest BCUT2D eigenvalue weighted by atomic mass is 10.2. The fourth-order valence-corrected chi connectivity index (χ4v) is 2.78. The van der Waals surface area contributed by atoms with E-state index in [0.717, 1.165) is 16.5 Å². The SMILES string of the molecule is ClCc1nc2ccc(Cl)cc2c2nc(-c3ccccc3)nn12. The molecule has 0 saturated heterocycles. The molecule has 0 atom stereocenters. The van der Waals surface area contributed by atoms with E-state index in [2.05, 4.69) is 15.1 Å². The summed E-state index contributed by atoms with van der Waals surface area (Å²) in [7, 11) is 0. The summed E-state index contributed by atoms with van der Waals surface area (Å²) in [5.74, 6) is 1.55. The Labute approximate surface area is 136 Å². The zero-order valence-electron chi connectivity index (χ0n) is 11.4. The number of alkyl halides is 1. The second kappa shape index (κ2) is 5.23. The number of aromatic nitrogens is 4. The van der Waals surface area contributed by atoms with E-state index in [1.165, 1.54) is 0 Å². The summed E-state index contributed by atoms with van der Waals surface area (Å²) < 4.78 is 1.69. The van der Waals surface area contributed by atoms with E-state index in [1.54, 1.807) is 10.6 Å². The summed E-state index contributed by atoms with van der Waals surface area (Å²) in [4.78, 5) is 9.20. The van der Waals surface area contributed by atoms with Crippen LogP contribution in [0, 0.1) is 0 Å². The highest BCUT2D eigenvalue weighted by Gasteiger charge is 2.14. The van der Waals surface area contributed by atoms with Crippen molar-refractivity contribution in [1.82, 2.24) is 19.6 Å². The minimum atomic E-state index is 0.257. The van der Waals surface area contributed by atoms with Crippen LogP contribution in [0.2, 0.25) is 5.02 Å². The van der Waals surface area contributed by atoms with Gasteiger partial charge in [0.05, 0.1) is 11.4 Å². The first kappa shape index (κ1) is 13.5. The lowest BCUT2D eigenvalue weighted by molar-refractivity contribution is 0.868. The first-order valence-electron chi connectivity index (χ1n) is 6.72. The van der Waals surface area contributed by atoms with Crippen molar-refractivity contribution in [2.45, 2.75) is 5.88 Å². The summed E-state index contributed by atoms with van der Waals surface area (Å²) in [6, 6.07) is 15.3. The minimum absolute atomic E-state index is 0.257. The van der Waals surface area contributed by atoms with Gasteiger partial charge < -0.3 is 0 Å². The van der Waals surface area contributed by atoms with Crippen LogP contribution < -0.4 is 0 Å². The molecule has 0 fully saturated rings. The molecule has 22 heavy (non-hydrogen) atoms. The van der Waals surface area contributed by atoms with Gasteiger partial charge in [0.25, 0.3) is 0 Å². The molecular formula is C16H10Cl2N4. The number of halogens is 2. The topological polar surface area (TPSA) is 43.1 Å². The summed E-state index contributed by atoms with van der Waals surface area (Å²) in [5, 5.41) is 6.04. The zero-order valence-corrected chi connectivity index (χ0v) is 12.9. The second-order valence-electron chi connectivity index (χ2n) is 4.86. The van der Waals surface area contributed by atoms with Crippen LogP contribution >= 0.6 is 23.2 Å². The molecule has 0 radical (unpaired) electrons. The van der Waals surface area contributed by atoms with Gasteiger partial charge in [-0.3, -0.25) is 0 Å². The van der Waals surface area contributed by atoms with Crippen LogP contribution in [-0.2, 0) is 5.88 Å². The van der Waals surface area contributed by atoms with E-state index in [9.17, 15) is 0 Å². The Morgan fingerprint density at radius 2 is 1.82 bits per heavy atom.